The Morgan fingerprint density at radius 2 is 2.12 bits per heavy atom. The van der Waals surface area contributed by atoms with Gasteiger partial charge in [0.15, 0.2) is 0 Å². The van der Waals surface area contributed by atoms with E-state index in [0.29, 0.717) is 18.2 Å². The monoisotopic (exact) mass is 340 g/mol. The molecule has 6 nitrogen and oxygen atoms in total. The second-order valence-corrected chi connectivity index (χ2v) is 6.92. The van der Waals surface area contributed by atoms with E-state index in [2.05, 4.69) is 15.0 Å². The highest BCUT2D eigenvalue weighted by atomic mass is 16.5. The summed E-state index contributed by atoms with van der Waals surface area (Å²) in [5, 5.41) is 4.15. The fourth-order valence-corrected chi connectivity index (χ4v) is 3.91. The van der Waals surface area contributed by atoms with E-state index in [1.54, 1.807) is 11.0 Å². The van der Waals surface area contributed by atoms with Gasteiger partial charge < -0.3 is 9.64 Å². The summed E-state index contributed by atoms with van der Waals surface area (Å²) in [4.78, 5) is 19.3. The lowest BCUT2D eigenvalue weighted by Gasteiger charge is -2.31. The van der Waals surface area contributed by atoms with E-state index in [-0.39, 0.29) is 12.0 Å². The molecule has 0 bridgehead atoms. The first-order valence-corrected chi connectivity index (χ1v) is 9.19. The lowest BCUT2D eigenvalue weighted by Crippen LogP contribution is -2.43. The number of ether oxygens (including phenoxy) is 1. The molecule has 1 amide bonds. The van der Waals surface area contributed by atoms with E-state index >= 15 is 0 Å². The Labute approximate surface area is 147 Å². The molecule has 1 aliphatic heterocycles. The zero-order valence-corrected chi connectivity index (χ0v) is 14.4. The summed E-state index contributed by atoms with van der Waals surface area (Å²) in [6, 6.07) is 7.97. The minimum atomic E-state index is 0.101. The number of carbonyl (C=O) groups is 1. The van der Waals surface area contributed by atoms with Crippen LogP contribution < -0.4 is 0 Å². The van der Waals surface area contributed by atoms with Crippen molar-refractivity contribution in [2.75, 3.05) is 13.2 Å². The number of hydrogen-bond acceptors (Lipinski definition) is 4. The van der Waals surface area contributed by atoms with Crippen LogP contribution in [0.4, 0.5) is 0 Å². The highest BCUT2D eigenvalue weighted by molar-refractivity contribution is 5.95. The van der Waals surface area contributed by atoms with Gasteiger partial charge in [0, 0.05) is 24.8 Å². The van der Waals surface area contributed by atoms with E-state index in [9.17, 15) is 4.79 Å². The van der Waals surface area contributed by atoms with Gasteiger partial charge in [-0.05, 0) is 43.9 Å². The molecule has 25 heavy (non-hydrogen) atoms. The molecule has 0 radical (unpaired) electrons. The summed E-state index contributed by atoms with van der Waals surface area (Å²) >= 11 is 0. The smallest absolute Gasteiger partial charge is 0.254 e. The maximum Gasteiger partial charge on any atom is 0.254 e. The van der Waals surface area contributed by atoms with Gasteiger partial charge in [0.2, 0.25) is 0 Å². The molecule has 6 heteroatoms. The molecule has 2 aliphatic rings. The maximum absolute atomic E-state index is 13.3. The summed E-state index contributed by atoms with van der Waals surface area (Å²) in [5.41, 5.74) is 1.56. The zero-order chi connectivity index (χ0) is 17.1. The number of hydrogen-bond donors (Lipinski definition) is 0. The van der Waals surface area contributed by atoms with Gasteiger partial charge in [-0.1, -0.05) is 18.9 Å². The van der Waals surface area contributed by atoms with Crippen LogP contribution in [-0.4, -0.2) is 50.9 Å². The molecule has 1 aliphatic carbocycles. The third kappa shape index (κ3) is 3.58. The molecule has 0 unspecified atom stereocenters. The minimum absolute atomic E-state index is 0.101. The number of nitrogens with zero attached hydrogens (tertiary/aromatic N) is 4. The van der Waals surface area contributed by atoms with Crippen LogP contribution in [0.15, 0.2) is 36.9 Å². The Kier molecular flexibility index (Phi) is 4.78. The van der Waals surface area contributed by atoms with Crippen LogP contribution in [0.3, 0.4) is 0 Å². The molecule has 2 fully saturated rings. The molecule has 2 heterocycles. The molecule has 1 saturated heterocycles. The lowest BCUT2D eigenvalue weighted by atomic mass is 10.1. The topological polar surface area (TPSA) is 60.2 Å². The highest BCUT2D eigenvalue weighted by Gasteiger charge is 2.31. The van der Waals surface area contributed by atoms with Crippen molar-refractivity contribution in [1.82, 2.24) is 19.7 Å². The number of benzene rings is 1. The van der Waals surface area contributed by atoms with Gasteiger partial charge in [-0.25, -0.2) is 9.67 Å². The van der Waals surface area contributed by atoms with Gasteiger partial charge >= 0.3 is 0 Å². The van der Waals surface area contributed by atoms with Gasteiger partial charge in [0.25, 0.3) is 5.91 Å². The van der Waals surface area contributed by atoms with Crippen molar-refractivity contribution in [3.05, 3.63) is 42.5 Å². The first-order chi connectivity index (χ1) is 12.3. The van der Waals surface area contributed by atoms with Gasteiger partial charge in [-0.3, -0.25) is 4.79 Å². The summed E-state index contributed by atoms with van der Waals surface area (Å²) in [6.07, 6.45) is 10.1. The number of carbonyl (C=O) groups excluding carboxylic acids is 1. The quantitative estimate of drug-likeness (QED) is 0.840. The SMILES string of the molecule is O=C(c1cccc(-n2cncn2)c1)N(C[C@H]1CCCO1)C1CCCC1. The Hall–Kier alpha value is -2.21. The molecule has 2 aromatic rings. The molecule has 4 rings (SSSR count). The van der Waals surface area contributed by atoms with E-state index in [1.165, 1.54) is 19.2 Å². The molecule has 132 valence electrons. The second kappa shape index (κ2) is 7.35. The normalized spacial score (nSPS) is 20.9. The van der Waals surface area contributed by atoms with E-state index in [1.807, 2.05) is 24.3 Å². The van der Waals surface area contributed by atoms with Gasteiger partial charge in [-0.2, -0.15) is 5.10 Å². The Morgan fingerprint density at radius 1 is 1.24 bits per heavy atom. The first-order valence-electron chi connectivity index (χ1n) is 9.19. The van der Waals surface area contributed by atoms with Crippen LogP contribution in [0.25, 0.3) is 5.69 Å². The molecule has 0 N–H and O–H groups in total. The van der Waals surface area contributed by atoms with Crippen LogP contribution in [0.2, 0.25) is 0 Å². The van der Waals surface area contributed by atoms with Crippen molar-refractivity contribution >= 4 is 5.91 Å². The number of amides is 1. The lowest BCUT2D eigenvalue weighted by molar-refractivity contribution is 0.0420. The summed E-state index contributed by atoms with van der Waals surface area (Å²) < 4.78 is 7.47. The minimum Gasteiger partial charge on any atom is -0.376 e. The van der Waals surface area contributed by atoms with E-state index in [0.717, 1.165) is 38.0 Å². The van der Waals surface area contributed by atoms with Crippen LogP contribution in [-0.2, 0) is 4.74 Å². The van der Waals surface area contributed by atoms with Crippen LogP contribution >= 0.6 is 0 Å². The van der Waals surface area contributed by atoms with Crippen molar-refractivity contribution in [1.29, 1.82) is 0 Å². The zero-order valence-electron chi connectivity index (χ0n) is 14.4. The predicted molar refractivity (Wildman–Crippen MR) is 93.6 cm³/mol. The summed E-state index contributed by atoms with van der Waals surface area (Å²) in [6.45, 7) is 1.52. The first kappa shape index (κ1) is 16.3. The third-order valence-corrected chi connectivity index (χ3v) is 5.23. The number of rotatable bonds is 5. The van der Waals surface area contributed by atoms with Crippen molar-refractivity contribution in [2.45, 2.75) is 50.7 Å². The molecule has 1 saturated carbocycles. The van der Waals surface area contributed by atoms with E-state index in [4.69, 9.17) is 4.74 Å². The Balaban J connectivity index is 1.57. The predicted octanol–water partition coefficient (Wildman–Crippen LogP) is 2.83. The average Bonchev–Trinajstić information content (AvgIpc) is 3.42. The van der Waals surface area contributed by atoms with Crippen molar-refractivity contribution in [3.8, 4) is 5.69 Å². The third-order valence-electron chi connectivity index (χ3n) is 5.23. The van der Waals surface area contributed by atoms with Gasteiger partial charge in [0.05, 0.1) is 11.8 Å². The fourth-order valence-electron chi connectivity index (χ4n) is 3.91. The Morgan fingerprint density at radius 3 is 2.84 bits per heavy atom. The van der Waals surface area contributed by atoms with Crippen molar-refractivity contribution in [2.24, 2.45) is 0 Å². The second-order valence-electron chi connectivity index (χ2n) is 6.92. The van der Waals surface area contributed by atoms with Crippen LogP contribution in [0.5, 0.6) is 0 Å². The number of aromatic nitrogens is 3. The maximum atomic E-state index is 13.3. The van der Waals surface area contributed by atoms with Gasteiger partial charge in [0.1, 0.15) is 12.7 Å². The largest absolute Gasteiger partial charge is 0.376 e. The standard InChI is InChI=1S/C19H24N4O2/c24-19(15-5-3-8-17(11-15)23-14-20-13-21-23)22(16-6-1-2-7-16)12-18-9-4-10-25-18/h3,5,8,11,13-14,16,18H,1-2,4,6-7,9-10,12H2/t18-/m1/s1. The summed E-state index contributed by atoms with van der Waals surface area (Å²) in [5.74, 6) is 0.101. The Bertz CT molecular complexity index is 704. The van der Waals surface area contributed by atoms with E-state index < -0.39 is 0 Å². The van der Waals surface area contributed by atoms with Crippen LogP contribution in [0, 0.1) is 0 Å². The molecule has 1 aromatic carbocycles. The van der Waals surface area contributed by atoms with Crippen molar-refractivity contribution < 1.29 is 9.53 Å². The van der Waals surface area contributed by atoms with Gasteiger partial charge in [-0.15, -0.1) is 0 Å². The van der Waals surface area contributed by atoms with Crippen LogP contribution in [0.1, 0.15) is 48.9 Å². The molecule has 0 spiro atoms. The molecule has 1 atom stereocenters. The molecular formula is C19H24N4O2. The molecular weight excluding hydrogens is 316 g/mol. The molecule has 1 aromatic heterocycles. The fraction of sp³-hybridized carbons (Fsp3) is 0.526. The average molecular weight is 340 g/mol. The van der Waals surface area contributed by atoms with Crippen molar-refractivity contribution in [3.63, 3.8) is 0 Å². The highest BCUT2D eigenvalue weighted by Crippen LogP contribution is 2.27. The summed E-state index contributed by atoms with van der Waals surface area (Å²) in [7, 11) is 0.